The zero-order valence-electron chi connectivity index (χ0n) is 19.0. The number of hydrogen-bond acceptors (Lipinski definition) is 8. The number of nitrogens with one attached hydrogen (secondary N) is 1. The monoisotopic (exact) mass is 472 g/mol. The standard InChI is InChI=1S/C22H22N2O5S.C2H6O/c1-14-20(24(26)27)19(21(15(2)23-14)29-22(25)28-3)17-11-7-8-12-18(17)30-13-16-9-5-4-6-10-16;1-2-3/h4-12,19,23H,13H2,1-3H3;3H,2H2,1H3. The molecule has 176 valence electrons. The van der Waals surface area contributed by atoms with Gasteiger partial charge in [0.1, 0.15) is 11.7 Å². The van der Waals surface area contributed by atoms with E-state index in [0.29, 0.717) is 22.7 Å². The highest BCUT2D eigenvalue weighted by atomic mass is 32.2. The van der Waals surface area contributed by atoms with E-state index < -0.39 is 17.0 Å². The Morgan fingerprint density at radius 2 is 1.73 bits per heavy atom. The number of aliphatic hydroxyl groups is 1. The van der Waals surface area contributed by atoms with E-state index in [4.69, 9.17) is 9.84 Å². The maximum absolute atomic E-state index is 12.0. The minimum Gasteiger partial charge on any atom is -0.437 e. The molecule has 8 nitrogen and oxygen atoms in total. The number of carbonyl (C=O) groups excluding carboxylic acids is 1. The summed E-state index contributed by atoms with van der Waals surface area (Å²) >= 11 is 1.58. The van der Waals surface area contributed by atoms with Crippen LogP contribution in [0.15, 0.2) is 82.3 Å². The second-order valence-corrected chi connectivity index (χ2v) is 8.02. The SMILES string of the molecule is CCO.COC(=O)OC1=C(C)NC(C)=C([N+](=O)[O-])C1c1ccccc1SCc1ccccc1. The maximum atomic E-state index is 12.0. The molecular formula is C24H28N2O6S. The number of carbonyl (C=O) groups is 1. The van der Waals surface area contributed by atoms with Gasteiger partial charge in [0.05, 0.1) is 23.4 Å². The Morgan fingerprint density at radius 3 is 2.33 bits per heavy atom. The van der Waals surface area contributed by atoms with Crippen molar-refractivity contribution in [3.05, 3.63) is 98.7 Å². The third kappa shape index (κ3) is 6.84. The van der Waals surface area contributed by atoms with Gasteiger partial charge in [-0.3, -0.25) is 10.1 Å². The first-order valence-electron chi connectivity index (χ1n) is 10.3. The topological polar surface area (TPSA) is 111 Å². The predicted molar refractivity (Wildman–Crippen MR) is 127 cm³/mol. The van der Waals surface area contributed by atoms with Crippen LogP contribution in [0.25, 0.3) is 0 Å². The molecule has 2 aromatic rings. The third-order valence-corrected chi connectivity index (χ3v) is 5.85. The van der Waals surface area contributed by atoms with Gasteiger partial charge < -0.3 is 19.9 Å². The molecule has 0 amide bonds. The van der Waals surface area contributed by atoms with Crippen LogP contribution in [-0.2, 0) is 15.2 Å². The predicted octanol–water partition coefficient (Wildman–Crippen LogP) is 5.19. The Bertz CT molecular complexity index is 1040. The lowest BCUT2D eigenvalue weighted by molar-refractivity contribution is -0.431. The van der Waals surface area contributed by atoms with Gasteiger partial charge in [-0.25, -0.2) is 4.79 Å². The largest absolute Gasteiger partial charge is 0.513 e. The molecule has 1 atom stereocenters. The number of rotatable bonds is 6. The van der Waals surface area contributed by atoms with Crippen LogP contribution in [0.2, 0.25) is 0 Å². The first-order valence-corrected chi connectivity index (χ1v) is 11.3. The van der Waals surface area contributed by atoms with E-state index in [0.717, 1.165) is 10.5 Å². The molecule has 1 aliphatic heterocycles. The fraction of sp³-hybridized carbons (Fsp3) is 0.292. The Morgan fingerprint density at radius 1 is 1.12 bits per heavy atom. The number of ether oxygens (including phenoxy) is 2. The van der Waals surface area contributed by atoms with Gasteiger partial charge in [-0.05, 0) is 38.0 Å². The third-order valence-electron chi connectivity index (χ3n) is 4.69. The van der Waals surface area contributed by atoms with Crippen molar-refractivity contribution in [2.24, 2.45) is 0 Å². The van der Waals surface area contributed by atoms with Crippen LogP contribution >= 0.6 is 11.8 Å². The Kier molecular flexibility index (Phi) is 9.96. The summed E-state index contributed by atoms with van der Waals surface area (Å²) in [5.74, 6) is 0.0154. The number of methoxy groups -OCH3 is 1. The van der Waals surface area contributed by atoms with E-state index in [1.807, 2.05) is 54.6 Å². The first-order chi connectivity index (χ1) is 15.8. The molecule has 0 bridgehead atoms. The number of nitro groups is 1. The molecule has 2 aromatic carbocycles. The van der Waals surface area contributed by atoms with Crippen LogP contribution < -0.4 is 5.32 Å². The summed E-state index contributed by atoms with van der Waals surface area (Å²) in [6.45, 7) is 5.29. The number of hydrogen-bond donors (Lipinski definition) is 2. The second kappa shape index (κ2) is 12.7. The maximum Gasteiger partial charge on any atom is 0.513 e. The molecule has 0 spiro atoms. The van der Waals surface area contributed by atoms with Crippen LogP contribution in [-0.4, -0.2) is 29.9 Å². The van der Waals surface area contributed by atoms with E-state index in [-0.39, 0.29) is 18.1 Å². The molecule has 1 heterocycles. The van der Waals surface area contributed by atoms with Gasteiger partial charge in [-0.2, -0.15) is 0 Å². The van der Waals surface area contributed by atoms with Crippen molar-refractivity contribution in [1.29, 1.82) is 0 Å². The number of dihydropyridines is 1. The molecule has 9 heteroatoms. The number of benzene rings is 2. The number of nitrogens with zero attached hydrogens (tertiary/aromatic N) is 1. The Labute approximate surface area is 197 Å². The lowest BCUT2D eigenvalue weighted by Crippen LogP contribution is -2.30. The Balaban J connectivity index is 0.00000122. The van der Waals surface area contributed by atoms with E-state index >= 15 is 0 Å². The lowest BCUT2D eigenvalue weighted by atomic mass is 9.89. The smallest absolute Gasteiger partial charge is 0.437 e. The van der Waals surface area contributed by atoms with Crippen molar-refractivity contribution in [3.63, 3.8) is 0 Å². The lowest BCUT2D eigenvalue weighted by Gasteiger charge is -2.27. The highest BCUT2D eigenvalue weighted by Crippen LogP contribution is 2.43. The fourth-order valence-electron chi connectivity index (χ4n) is 3.35. The molecule has 0 fully saturated rings. The fourth-order valence-corrected chi connectivity index (χ4v) is 4.39. The molecule has 0 saturated heterocycles. The number of thioether (sulfide) groups is 1. The van der Waals surface area contributed by atoms with Gasteiger partial charge in [0.25, 0.3) is 5.70 Å². The molecule has 0 radical (unpaired) electrons. The van der Waals surface area contributed by atoms with Crippen molar-refractivity contribution in [3.8, 4) is 0 Å². The minimum atomic E-state index is -0.923. The molecule has 1 unspecified atom stereocenters. The molecular weight excluding hydrogens is 444 g/mol. The molecule has 0 aliphatic carbocycles. The summed E-state index contributed by atoms with van der Waals surface area (Å²) in [5, 5.41) is 22.5. The molecule has 3 rings (SSSR count). The summed E-state index contributed by atoms with van der Waals surface area (Å²) in [5.41, 5.74) is 2.71. The van der Waals surface area contributed by atoms with Crippen molar-refractivity contribution in [2.75, 3.05) is 13.7 Å². The van der Waals surface area contributed by atoms with Crippen LogP contribution in [0, 0.1) is 10.1 Å². The summed E-state index contributed by atoms with van der Waals surface area (Å²) in [6, 6.07) is 17.4. The van der Waals surface area contributed by atoms with Crippen LogP contribution in [0.1, 0.15) is 37.8 Å². The molecule has 2 N–H and O–H groups in total. The van der Waals surface area contributed by atoms with Gasteiger partial charge in [0.2, 0.25) is 0 Å². The van der Waals surface area contributed by atoms with E-state index in [2.05, 4.69) is 10.1 Å². The van der Waals surface area contributed by atoms with Crippen LogP contribution in [0.3, 0.4) is 0 Å². The van der Waals surface area contributed by atoms with Crippen molar-refractivity contribution >= 4 is 17.9 Å². The zero-order chi connectivity index (χ0) is 24.4. The van der Waals surface area contributed by atoms with E-state index in [1.165, 1.54) is 7.11 Å². The summed E-state index contributed by atoms with van der Waals surface area (Å²) in [7, 11) is 1.20. The highest BCUT2D eigenvalue weighted by molar-refractivity contribution is 7.98. The first kappa shape index (κ1) is 26.0. The molecule has 33 heavy (non-hydrogen) atoms. The molecule has 0 aromatic heterocycles. The van der Waals surface area contributed by atoms with Crippen molar-refractivity contribution in [2.45, 2.75) is 37.3 Å². The van der Waals surface area contributed by atoms with Gasteiger partial charge in [0, 0.05) is 17.3 Å². The van der Waals surface area contributed by atoms with Crippen molar-refractivity contribution in [1.82, 2.24) is 5.32 Å². The molecule has 1 aliphatic rings. The average Bonchev–Trinajstić information content (AvgIpc) is 2.80. The van der Waals surface area contributed by atoms with Gasteiger partial charge in [-0.15, -0.1) is 11.8 Å². The van der Waals surface area contributed by atoms with Crippen molar-refractivity contribution < 1.29 is 24.3 Å². The minimum absolute atomic E-state index is 0.0627. The normalized spacial score (nSPS) is 15.2. The molecule has 0 saturated carbocycles. The summed E-state index contributed by atoms with van der Waals surface area (Å²) in [6.07, 6.45) is -0.923. The Hall–Kier alpha value is -3.30. The van der Waals surface area contributed by atoms with Crippen LogP contribution in [0.4, 0.5) is 4.79 Å². The number of aliphatic hydroxyl groups excluding tert-OH is 1. The number of allylic oxidation sites excluding steroid dienone is 2. The van der Waals surface area contributed by atoms with E-state index in [9.17, 15) is 14.9 Å². The summed E-state index contributed by atoms with van der Waals surface area (Å²) < 4.78 is 10.0. The second-order valence-electron chi connectivity index (χ2n) is 7.00. The highest BCUT2D eigenvalue weighted by Gasteiger charge is 2.40. The summed E-state index contributed by atoms with van der Waals surface area (Å²) in [4.78, 5) is 24.3. The average molecular weight is 473 g/mol. The van der Waals surface area contributed by atoms with Gasteiger partial charge >= 0.3 is 6.16 Å². The quantitative estimate of drug-likeness (QED) is 0.256. The van der Waals surface area contributed by atoms with Gasteiger partial charge in [0.15, 0.2) is 0 Å². The zero-order valence-corrected chi connectivity index (χ0v) is 19.8. The van der Waals surface area contributed by atoms with E-state index in [1.54, 1.807) is 32.5 Å². The van der Waals surface area contributed by atoms with Crippen LogP contribution in [0.5, 0.6) is 0 Å². The van der Waals surface area contributed by atoms with Gasteiger partial charge in [-0.1, -0.05) is 48.5 Å².